The smallest absolute Gasteiger partial charge is 0.0314 e. The SMILES string of the molecule is NCCCN(CCCN)CCCc1ccc(N)cc1. The van der Waals surface area contributed by atoms with Crippen molar-refractivity contribution in [3.8, 4) is 0 Å². The molecular weight excluding hydrogens is 236 g/mol. The van der Waals surface area contributed by atoms with Crippen LogP contribution in [0.4, 0.5) is 5.69 Å². The van der Waals surface area contributed by atoms with Crippen molar-refractivity contribution in [2.45, 2.75) is 25.7 Å². The van der Waals surface area contributed by atoms with Gasteiger partial charge in [-0.25, -0.2) is 0 Å². The zero-order valence-electron chi connectivity index (χ0n) is 11.9. The Kier molecular flexibility index (Phi) is 8.21. The van der Waals surface area contributed by atoms with Crippen LogP contribution < -0.4 is 17.2 Å². The Bertz CT molecular complexity index is 315. The van der Waals surface area contributed by atoms with Crippen LogP contribution in [0.15, 0.2) is 24.3 Å². The Morgan fingerprint density at radius 3 is 1.84 bits per heavy atom. The Morgan fingerprint density at radius 2 is 1.32 bits per heavy atom. The second kappa shape index (κ2) is 9.78. The number of aryl methyl sites for hydroxylation is 1. The summed E-state index contributed by atoms with van der Waals surface area (Å²) in [5.74, 6) is 0. The van der Waals surface area contributed by atoms with Gasteiger partial charge in [-0.1, -0.05) is 12.1 Å². The fourth-order valence-electron chi connectivity index (χ4n) is 2.16. The van der Waals surface area contributed by atoms with Crippen LogP contribution in [-0.4, -0.2) is 37.6 Å². The molecule has 0 saturated heterocycles. The van der Waals surface area contributed by atoms with Crippen LogP contribution in [0.2, 0.25) is 0 Å². The predicted molar refractivity (Wildman–Crippen MR) is 83.0 cm³/mol. The predicted octanol–water partition coefficient (Wildman–Crippen LogP) is 1.20. The number of benzene rings is 1. The van der Waals surface area contributed by atoms with Gasteiger partial charge in [-0.15, -0.1) is 0 Å². The quantitative estimate of drug-likeness (QED) is 0.555. The number of nitrogen functional groups attached to an aromatic ring is 1. The lowest BCUT2D eigenvalue weighted by molar-refractivity contribution is 0.267. The molecule has 1 aromatic carbocycles. The minimum atomic E-state index is 0.761. The molecule has 0 saturated carbocycles. The van der Waals surface area contributed by atoms with Crippen LogP contribution in [0.5, 0.6) is 0 Å². The average Bonchev–Trinajstić information content (AvgIpc) is 2.43. The van der Waals surface area contributed by atoms with Crippen LogP contribution in [0, 0.1) is 0 Å². The Labute approximate surface area is 116 Å². The second-order valence-corrected chi connectivity index (χ2v) is 4.97. The van der Waals surface area contributed by atoms with E-state index in [9.17, 15) is 0 Å². The summed E-state index contributed by atoms with van der Waals surface area (Å²) >= 11 is 0. The number of rotatable bonds is 10. The number of anilines is 1. The van der Waals surface area contributed by atoms with Gasteiger partial charge in [-0.05, 0) is 76.1 Å². The highest BCUT2D eigenvalue weighted by atomic mass is 15.1. The second-order valence-electron chi connectivity index (χ2n) is 4.97. The van der Waals surface area contributed by atoms with E-state index in [0.717, 1.165) is 57.7 Å². The summed E-state index contributed by atoms with van der Waals surface area (Å²) < 4.78 is 0. The average molecular weight is 264 g/mol. The van der Waals surface area contributed by atoms with Gasteiger partial charge in [-0.3, -0.25) is 0 Å². The minimum Gasteiger partial charge on any atom is -0.399 e. The topological polar surface area (TPSA) is 81.3 Å². The molecule has 0 unspecified atom stereocenters. The van der Waals surface area contributed by atoms with Crippen molar-refractivity contribution in [3.05, 3.63) is 29.8 Å². The van der Waals surface area contributed by atoms with Crippen molar-refractivity contribution < 1.29 is 0 Å². The minimum absolute atomic E-state index is 0.761. The van der Waals surface area contributed by atoms with Crippen molar-refractivity contribution in [1.82, 2.24) is 4.90 Å². The lowest BCUT2D eigenvalue weighted by Gasteiger charge is -2.21. The molecule has 0 fully saturated rings. The van der Waals surface area contributed by atoms with Gasteiger partial charge in [-0.2, -0.15) is 0 Å². The maximum atomic E-state index is 5.68. The zero-order chi connectivity index (χ0) is 13.9. The first kappa shape index (κ1) is 16.0. The molecule has 1 rings (SSSR count). The summed E-state index contributed by atoms with van der Waals surface area (Å²) in [6.07, 6.45) is 4.39. The standard InChI is InChI=1S/C15H28N4/c16-9-2-12-19(13-3-10-17)11-1-4-14-5-7-15(18)8-6-14/h5-8H,1-4,9-13,16-18H2. The lowest BCUT2D eigenvalue weighted by atomic mass is 10.1. The summed E-state index contributed by atoms with van der Waals surface area (Å²) in [5.41, 5.74) is 19.0. The van der Waals surface area contributed by atoms with Crippen LogP contribution >= 0.6 is 0 Å². The summed E-state index contributed by atoms with van der Waals surface area (Å²) in [4.78, 5) is 2.47. The van der Waals surface area contributed by atoms with Gasteiger partial charge >= 0.3 is 0 Å². The van der Waals surface area contributed by atoms with Crippen LogP contribution in [0.1, 0.15) is 24.8 Å². The molecule has 0 aromatic heterocycles. The molecule has 0 amide bonds. The number of nitrogens with two attached hydrogens (primary N) is 3. The van der Waals surface area contributed by atoms with E-state index in [4.69, 9.17) is 17.2 Å². The molecule has 4 nitrogen and oxygen atoms in total. The molecule has 6 N–H and O–H groups in total. The van der Waals surface area contributed by atoms with E-state index in [-0.39, 0.29) is 0 Å². The molecule has 0 atom stereocenters. The Balaban J connectivity index is 2.27. The van der Waals surface area contributed by atoms with Crippen molar-refractivity contribution >= 4 is 5.69 Å². The summed E-state index contributed by atoms with van der Waals surface area (Å²) in [7, 11) is 0. The van der Waals surface area contributed by atoms with Crippen LogP contribution in [0.25, 0.3) is 0 Å². The maximum absolute atomic E-state index is 5.68. The van der Waals surface area contributed by atoms with Crippen molar-refractivity contribution in [3.63, 3.8) is 0 Å². The Hall–Kier alpha value is -1.10. The number of nitrogens with zero attached hydrogens (tertiary/aromatic N) is 1. The van der Waals surface area contributed by atoms with Crippen LogP contribution in [0.3, 0.4) is 0 Å². The molecule has 0 aliphatic rings. The van der Waals surface area contributed by atoms with Gasteiger partial charge in [0, 0.05) is 5.69 Å². The van der Waals surface area contributed by atoms with E-state index in [1.54, 1.807) is 0 Å². The van der Waals surface area contributed by atoms with E-state index in [1.165, 1.54) is 12.0 Å². The molecule has 108 valence electrons. The lowest BCUT2D eigenvalue weighted by Crippen LogP contribution is -2.30. The van der Waals surface area contributed by atoms with Crippen molar-refractivity contribution in [2.75, 3.05) is 38.5 Å². The number of hydrogen-bond acceptors (Lipinski definition) is 4. The van der Waals surface area contributed by atoms with E-state index >= 15 is 0 Å². The third kappa shape index (κ3) is 7.15. The molecular formula is C15H28N4. The summed E-state index contributed by atoms with van der Waals surface area (Å²) in [5, 5.41) is 0. The monoisotopic (exact) mass is 264 g/mol. The first-order chi connectivity index (χ1) is 9.26. The van der Waals surface area contributed by atoms with E-state index in [0.29, 0.717) is 0 Å². The molecule has 0 spiro atoms. The first-order valence-electron chi connectivity index (χ1n) is 7.23. The summed E-state index contributed by atoms with van der Waals surface area (Å²) in [6.45, 7) is 4.80. The summed E-state index contributed by atoms with van der Waals surface area (Å²) in [6, 6.07) is 8.16. The third-order valence-electron chi connectivity index (χ3n) is 3.28. The first-order valence-corrected chi connectivity index (χ1v) is 7.23. The molecule has 0 radical (unpaired) electrons. The van der Waals surface area contributed by atoms with E-state index < -0.39 is 0 Å². The van der Waals surface area contributed by atoms with Crippen LogP contribution in [-0.2, 0) is 6.42 Å². The van der Waals surface area contributed by atoms with Gasteiger partial charge in [0.2, 0.25) is 0 Å². The van der Waals surface area contributed by atoms with Gasteiger partial charge < -0.3 is 22.1 Å². The highest BCUT2D eigenvalue weighted by Crippen LogP contribution is 2.08. The van der Waals surface area contributed by atoms with E-state index in [2.05, 4.69) is 17.0 Å². The third-order valence-corrected chi connectivity index (χ3v) is 3.28. The molecule has 1 aromatic rings. The van der Waals surface area contributed by atoms with Crippen molar-refractivity contribution in [2.24, 2.45) is 11.5 Å². The molecule has 19 heavy (non-hydrogen) atoms. The van der Waals surface area contributed by atoms with Gasteiger partial charge in [0.05, 0.1) is 0 Å². The highest BCUT2D eigenvalue weighted by molar-refractivity contribution is 5.39. The Morgan fingerprint density at radius 1 is 0.789 bits per heavy atom. The maximum Gasteiger partial charge on any atom is 0.0314 e. The normalized spacial score (nSPS) is 11.1. The zero-order valence-corrected chi connectivity index (χ0v) is 11.9. The molecule has 0 heterocycles. The fourth-order valence-corrected chi connectivity index (χ4v) is 2.16. The fraction of sp³-hybridized carbons (Fsp3) is 0.600. The number of hydrogen-bond donors (Lipinski definition) is 3. The van der Waals surface area contributed by atoms with Crippen molar-refractivity contribution in [1.29, 1.82) is 0 Å². The largest absolute Gasteiger partial charge is 0.399 e. The molecule has 4 heteroatoms. The van der Waals surface area contributed by atoms with E-state index in [1.807, 2.05) is 12.1 Å². The van der Waals surface area contributed by atoms with Gasteiger partial charge in [0.25, 0.3) is 0 Å². The van der Waals surface area contributed by atoms with Gasteiger partial charge in [0.15, 0.2) is 0 Å². The molecule has 0 aliphatic heterocycles. The van der Waals surface area contributed by atoms with Gasteiger partial charge in [0.1, 0.15) is 0 Å². The molecule has 0 bridgehead atoms. The highest BCUT2D eigenvalue weighted by Gasteiger charge is 2.04. The molecule has 0 aliphatic carbocycles.